The standard InChI is InChI=1S/C23H26N8O2/c1-3-20(32)30-10-6-8-17(14-30)31-13-16(11-26-31)27-23-25-12-18(21(24)33)22(29-23)28-19-9-5-4-7-15(19)2/h3-5,7,9,11-13,17H,1,6,8,10,14H2,2H3,(H2,24,33)(H2,25,27,28,29)/t17-/m1/s1. The first-order valence-corrected chi connectivity index (χ1v) is 10.7. The van der Waals surface area contributed by atoms with E-state index >= 15 is 0 Å². The Morgan fingerprint density at radius 1 is 1.24 bits per heavy atom. The van der Waals surface area contributed by atoms with Gasteiger partial charge in [0, 0.05) is 31.2 Å². The van der Waals surface area contributed by atoms with Gasteiger partial charge >= 0.3 is 0 Å². The average molecular weight is 447 g/mol. The molecular formula is C23H26N8O2. The molecule has 1 atom stereocenters. The second-order valence-electron chi connectivity index (χ2n) is 7.88. The molecule has 2 aromatic heterocycles. The monoisotopic (exact) mass is 446 g/mol. The van der Waals surface area contributed by atoms with Crippen molar-refractivity contribution in [2.45, 2.75) is 25.8 Å². The van der Waals surface area contributed by atoms with Gasteiger partial charge in [0.1, 0.15) is 11.4 Å². The molecule has 1 aliphatic heterocycles. The summed E-state index contributed by atoms with van der Waals surface area (Å²) in [6, 6.07) is 7.75. The lowest BCUT2D eigenvalue weighted by Gasteiger charge is -2.32. The van der Waals surface area contributed by atoms with Gasteiger partial charge in [0.15, 0.2) is 0 Å². The fourth-order valence-corrected chi connectivity index (χ4v) is 3.79. The van der Waals surface area contributed by atoms with Crippen LogP contribution in [0.4, 0.5) is 23.1 Å². The lowest BCUT2D eigenvalue weighted by Crippen LogP contribution is -2.39. The number of nitrogens with one attached hydrogen (secondary N) is 2. The number of hydrogen-bond donors (Lipinski definition) is 3. The molecule has 1 saturated heterocycles. The lowest BCUT2D eigenvalue weighted by atomic mass is 10.1. The zero-order valence-corrected chi connectivity index (χ0v) is 18.4. The third-order valence-corrected chi connectivity index (χ3v) is 5.57. The number of carbonyl (C=O) groups is 2. The lowest BCUT2D eigenvalue weighted by molar-refractivity contribution is -0.127. The number of nitrogens with zero attached hydrogens (tertiary/aromatic N) is 5. The Kier molecular flexibility index (Phi) is 6.34. The van der Waals surface area contributed by atoms with Crippen molar-refractivity contribution >= 4 is 35.0 Å². The summed E-state index contributed by atoms with van der Waals surface area (Å²) in [6.07, 6.45) is 8.09. The van der Waals surface area contributed by atoms with Crippen LogP contribution in [0.3, 0.4) is 0 Å². The highest BCUT2D eigenvalue weighted by molar-refractivity contribution is 5.98. The number of carbonyl (C=O) groups excluding carboxylic acids is 2. The predicted molar refractivity (Wildman–Crippen MR) is 126 cm³/mol. The van der Waals surface area contributed by atoms with Crippen LogP contribution in [0.1, 0.15) is 34.8 Å². The van der Waals surface area contributed by atoms with E-state index in [1.54, 1.807) is 11.1 Å². The molecule has 4 N–H and O–H groups in total. The smallest absolute Gasteiger partial charge is 0.254 e. The summed E-state index contributed by atoms with van der Waals surface area (Å²) in [5, 5.41) is 10.7. The zero-order chi connectivity index (χ0) is 23.4. The Balaban J connectivity index is 1.52. The van der Waals surface area contributed by atoms with Crippen molar-refractivity contribution < 1.29 is 9.59 Å². The molecule has 0 unspecified atom stereocenters. The maximum absolute atomic E-state index is 12.0. The largest absolute Gasteiger partial charge is 0.365 e. The van der Waals surface area contributed by atoms with E-state index in [1.165, 1.54) is 12.3 Å². The van der Waals surface area contributed by atoms with Gasteiger partial charge in [-0.05, 0) is 37.5 Å². The van der Waals surface area contributed by atoms with Gasteiger partial charge in [-0.15, -0.1) is 0 Å². The number of para-hydroxylation sites is 1. The molecule has 2 amide bonds. The van der Waals surface area contributed by atoms with Crippen LogP contribution < -0.4 is 16.4 Å². The van der Waals surface area contributed by atoms with Gasteiger partial charge in [-0.1, -0.05) is 24.8 Å². The molecule has 10 nitrogen and oxygen atoms in total. The highest BCUT2D eigenvalue weighted by Crippen LogP contribution is 2.25. The third kappa shape index (κ3) is 5.00. The van der Waals surface area contributed by atoms with E-state index in [0.29, 0.717) is 24.0 Å². The number of benzene rings is 1. The molecule has 0 bridgehead atoms. The van der Waals surface area contributed by atoms with Crippen molar-refractivity contribution in [1.82, 2.24) is 24.6 Å². The van der Waals surface area contributed by atoms with Crippen molar-refractivity contribution in [1.29, 1.82) is 0 Å². The van der Waals surface area contributed by atoms with Crippen molar-refractivity contribution in [3.05, 3.63) is 66.6 Å². The molecule has 3 aromatic rings. The SMILES string of the molecule is C=CC(=O)N1CCC[C@@H](n2cc(Nc3ncc(C(N)=O)c(Nc4ccccc4C)n3)cn2)C1. The summed E-state index contributed by atoms with van der Waals surface area (Å²) in [7, 11) is 0. The van der Waals surface area contributed by atoms with Crippen LogP contribution in [0, 0.1) is 6.92 Å². The van der Waals surface area contributed by atoms with Crippen LogP contribution in [0.15, 0.2) is 55.5 Å². The second kappa shape index (κ2) is 9.51. The van der Waals surface area contributed by atoms with Gasteiger partial charge in [0.2, 0.25) is 11.9 Å². The molecule has 0 spiro atoms. The van der Waals surface area contributed by atoms with Crippen molar-refractivity contribution in [3.8, 4) is 0 Å². The molecule has 3 heterocycles. The maximum atomic E-state index is 12.0. The van der Waals surface area contributed by atoms with E-state index in [-0.39, 0.29) is 17.5 Å². The summed E-state index contributed by atoms with van der Waals surface area (Å²) in [4.78, 5) is 34.3. The summed E-state index contributed by atoms with van der Waals surface area (Å²) in [5.74, 6) is -0.0847. The number of piperidine rings is 1. The van der Waals surface area contributed by atoms with Crippen LogP contribution in [0.2, 0.25) is 0 Å². The normalized spacial score (nSPS) is 15.7. The fraction of sp³-hybridized carbons (Fsp3) is 0.261. The highest BCUT2D eigenvalue weighted by atomic mass is 16.2. The van der Waals surface area contributed by atoms with Crippen LogP contribution in [0.5, 0.6) is 0 Å². The van der Waals surface area contributed by atoms with Gasteiger partial charge in [0.25, 0.3) is 5.91 Å². The Hall–Kier alpha value is -4.21. The summed E-state index contributed by atoms with van der Waals surface area (Å²) >= 11 is 0. The highest BCUT2D eigenvalue weighted by Gasteiger charge is 2.24. The molecule has 0 aliphatic carbocycles. The molecule has 33 heavy (non-hydrogen) atoms. The number of hydrogen-bond acceptors (Lipinski definition) is 7. The average Bonchev–Trinajstić information content (AvgIpc) is 3.28. The quantitative estimate of drug-likeness (QED) is 0.476. The van der Waals surface area contributed by atoms with E-state index in [2.05, 4.69) is 32.3 Å². The molecule has 4 rings (SSSR count). The topological polar surface area (TPSA) is 131 Å². The second-order valence-corrected chi connectivity index (χ2v) is 7.88. The molecule has 0 radical (unpaired) electrons. The first kappa shape index (κ1) is 22.0. The molecule has 1 aromatic carbocycles. The van der Waals surface area contributed by atoms with Crippen molar-refractivity contribution in [2.24, 2.45) is 5.73 Å². The van der Waals surface area contributed by atoms with Gasteiger partial charge < -0.3 is 21.3 Å². The Morgan fingerprint density at radius 2 is 2.06 bits per heavy atom. The molecule has 1 aliphatic rings. The van der Waals surface area contributed by atoms with E-state index in [9.17, 15) is 9.59 Å². The summed E-state index contributed by atoms with van der Waals surface area (Å²) in [5.41, 5.74) is 8.20. The first-order chi connectivity index (χ1) is 15.9. The van der Waals surface area contributed by atoms with Crippen LogP contribution in [-0.4, -0.2) is 49.6 Å². The van der Waals surface area contributed by atoms with E-state index < -0.39 is 5.91 Å². The number of amides is 2. The summed E-state index contributed by atoms with van der Waals surface area (Å²) < 4.78 is 1.84. The number of aryl methyl sites for hydroxylation is 1. The molecular weight excluding hydrogens is 420 g/mol. The van der Waals surface area contributed by atoms with Crippen molar-refractivity contribution in [2.75, 3.05) is 23.7 Å². The number of primary amides is 1. The predicted octanol–water partition coefficient (Wildman–Crippen LogP) is 2.92. The van der Waals surface area contributed by atoms with Crippen molar-refractivity contribution in [3.63, 3.8) is 0 Å². The van der Waals surface area contributed by atoms with E-state index in [1.807, 2.05) is 42.1 Å². The van der Waals surface area contributed by atoms with Gasteiger partial charge in [-0.25, -0.2) is 4.98 Å². The Morgan fingerprint density at radius 3 is 2.82 bits per heavy atom. The van der Waals surface area contributed by atoms with Crippen LogP contribution >= 0.6 is 0 Å². The van der Waals surface area contributed by atoms with Gasteiger partial charge in [-0.2, -0.15) is 10.1 Å². The van der Waals surface area contributed by atoms with Crippen LogP contribution in [-0.2, 0) is 4.79 Å². The maximum Gasteiger partial charge on any atom is 0.254 e. The van der Waals surface area contributed by atoms with E-state index in [4.69, 9.17) is 5.73 Å². The third-order valence-electron chi connectivity index (χ3n) is 5.57. The number of aromatic nitrogens is 4. The van der Waals surface area contributed by atoms with E-state index in [0.717, 1.165) is 30.6 Å². The molecule has 1 fully saturated rings. The number of nitrogens with two attached hydrogens (primary N) is 1. The van der Waals surface area contributed by atoms with Gasteiger partial charge in [0.05, 0.1) is 17.9 Å². The summed E-state index contributed by atoms with van der Waals surface area (Å²) in [6.45, 7) is 6.83. The number of rotatable bonds is 7. The van der Waals surface area contributed by atoms with Gasteiger partial charge in [-0.3, -0.25) is 14.3 Å². The minimum Gasteiger partial charge on any atom is -0.365 e. The van der Waals surface area contributed by atoms with Crippen LogP contribution in [0.25, 0.3) is 0 Å². The number of likely N-dealkylation sites (tertiary alicyclic amines) is 1. The molecule has 0 saturated carbocycles. The minimum absolute atomic E-state index is 0.0678. The molecule has 170 valence electrons. The molecule has 10 heteroatoms. The Bertz CT molecular complexity index is 1190. The fourth-order valence-electron chi connectivity index (χ4n) is 3.79. The first-order valence-electron chi connectivity index (χ1n) is 10.7. The minimum atomic E-state index is -0.624. The Labute approximate surface area is 191 Å². The number of anilines is 4. The zero-order valence-electron chi connectivity index (χ0n) is 18.4.